The molecule has 10 nitrogen and oxygen atoms in total. The number of carbonyl (C=O) groups excluding carboxylic acids is 1. The summed E-state index contributed by atoms with van der Waals surface area (Å²) in [5.41, 5.74) is 2.09. The number of amides is 1. The highest BCUT2D eigenvalue weighted by Crippen LogP contribution is 2.38. The fourth-order valence-corrected chi connectivity index (χ4v) is 4.95. The summed E-state index contributed by atoms with van der Waals surface area (Å²) < 4.78 is 12.5. The van der Waals surface area contributed by atoms with E-state index >= 15 is 0 Å². The third kappa shape index (κ3) is 7.36. The highest BCUT2D eigenvalue weighted by Gasteiger charge is 2.20. The van der Waals surface area contributed by atoms with Crippen LogP contribution in [0.5, 0.6) is 11.5 Å². The number of allylic oxidation sites excluding steroid dienone is 1. The molecule has 11 heteroatoms. The van der Waals surface area contributed by atoms with Crippen molar-refractivity contribution in [2.45, 2.75) is 40.7 Å². The van der Waals surface area contributed by atoms with Crippen LogP contribution in [0.2, 0.25) is 5.02 Å². The number of fused-ring (bicyclic) bond motifs is 1. The lowest BCUT2D eigenvalue weighted by Crippen LogP contribution is -2.24. The SMILES string of the molecule is CCNc1ncc2cc(-c3cc(OC)cc(OC)c3Cl)c(=O)n(CCc3cccc(NC(=O)/C(C#N)=C/C(C)(C)C)c3)c2n1. The van der Waals surface area contributed by atoms with Crippen molar-refractivity contribution in [3.8, 4) is 28.7 Å². The van der Waals surface area contributed by atoms with Gasteiger partial charge < -0.3 is 20.1 Å². The summed E-state index contributed by atoms with van der Waals surface area (Å²) in [5.74, 6) is 0.791. The number of aromatic nitrogens is 3. The molecule has 4 aromatic rings. The Morgan fingerprint density at radius 3 is 2.57 bits per heavy atom. The smallest absolute Gasteiger partial charge is 0.265 e. The second kappa shape index (κ2) is 13.6. The largest absolute Gasteiger partial charge is 0.497 e. The van der Waals surface area contributed by atoms with Gasteiger partial charge in [0.15, 0.2) is 0 Å². The summed E-state index contributed by atoms with van der Waals surface area (Å²) in [6, 6.07) is 14.4. The molecule has 0 saturated carbocycles. The van der Waals surface area contributed by atoms with Crippen LogP contribution in [0.3, 0.4) is 0 Å². The number of hydrogen-bond acceptors (Lipinski definition) is 8. The summed E-state index contributed by atoms with van der Waals surface area (Å²) >= 11 is 6.69. The number of nitrogens with one attached hydrogen (secondary N) is 2. The van der Waals surface area contributed by atoms with E-state index in [1.807, 2.05) is 52.0 Å². The van der Waals surface area contributed by atoms with Gasteiger partial charge in [-0.2, -0.15) is 10.2 Å². The Labute approximate surface area is 261 Å². The van der Waals surface area contributed by atoms with Crippen molar-refractivity contribution in [2.24, 2.45) is 5.41 Å². The predicted molar refractivity (Wildman–Crippen MR) is 173 cm³/mol. The number of nitriles is 1. The Hall–Kier alpha value is -4.88. The topological polar surface area (TPSA) is 131 Å². The van der Waals surface area contributed by atoms with E-state index in [9.17, 15) is 14.9 Å². The first kappa shape index (κ1) is 32.0. The molecule has 4 rings (SSSR count). The zero-order valence-corrected chi connectivity index (χ0v) is 26.4. The lowest BCUT2D eigenvalue weighted by atomic mass is 9.93. The van der Waals surface area contributed by atoms with Crippen LogP contribution in [0.1, 0.15) is 33.3 Å². The Morgan fingerprint density at radius 1 is 1.14 bits per heavy atom. The van der Waals surface area contributed by atoms with Crippen LogP contribution >= 0.6 is 11.6 Å². The summed E-state index contributed by atoms with van der Waals surface area (Å²) in [6.07, 6.45) is 3.75. The van der Waals surface area contributed by atoms with Gasteiger partial charge in [0.05, 0.1) is 19.2 Å². The maximum absolute atomic E-state index is 14.1. The molecule has 0 aliphatic carbocycles. The average molecular weight is 615 g/mol. The minimum atomic E-state index is -0.479. The number of nitrogens with zero attached hydrogens (tertiary/aromatic N) is 4. The minimum absolute atomic E-state index is 0.0433. The van der Waals surface area contributed by atoms with E-state index in [1.165, 1.54) is 14.2 Å². The van der Waals surface area contributed by atoms with Gasteiger partial charge in [0, 0.05) is 47.6 Å². The van der Waals surface area contributed by atoms with Crippen molar-refractivity contribution in [3.05, 3.63) is 81.3 Å². The van der Waals surface area contributed by atoms with Gasteiger partial charge in [-0.25, -0.2) is 4.98 Å². The van der Waals surface area contributed by atoms with Gasteiger partial charge in [0.25, 0.3) is 11.5 Å². The van der Waals surface area contributed by atoms with Gasteiger partial charge in [-0.3, -0.25) is 14.2 Å². The Bertz CT molecular complexity index is 1840. The van der Waals surface area contributed by atoms with E-state index in [2.05, 4.69) is 20.6 Å². The van der Waals surface area contributed by atoms with Crippen LogP contribution in [-0.2, 0) is 17.8 Å². The van der Waals surface area contributed by atoms with Crippen molar-refractivity contribution >= 4 is 40.2 Å². The van der Waals surface area contributed by atoms with Gasteiger partial charge in [-0.05, 0) is 48.6 Å². The molecule has 0 aliphatic rings. The van der Waals surface area contributed by atoms with Crippen LogP contribution in [-0.4, -0.2) is 41.2 Å². The monoisotopic (exact) mass is 614 g/mol. The molecular weight excluding hydrogens is 580 g/mol. The van der Waals surface area contributed by atoms with Gasteiger partial charge >= 0.3 is 0 Å². The summed E-state index contributed by atoms with van der Waals surface area (Å²) in [7, 11) is 3.03. The zero-order chi connectivity index (χ0) is 32.0. The number of hydrogen-bond donors (Lipinski definition) is 2. The van der Waals surface area contributed by atoms with Crippen LogP contribution in [0, 0.1) is 16.7 Å². The average Bonchev–Trinajstić information content (AvgIpc) is 2.99. The van der Waals surface area contributed by atoms with Crippen LogP contribution in [0.15, 0.2) is 65.1 Å². The molecule has 2 N–H and O–H groups in total. The Kier molecular flexibility index (Phi) is 9.91. The fraction of sp³-hybridized carbons (Fsp3) is 0.303. The third-order valence-corrected chi connectivity index (χ3v) is 7.06. The van der Waals surface area contributed by atoms with Crippen molar-refractivity contribution in [1.82, 2.24) is 14.5 Å². The molecule has 2 heterocycles. The highest BCUT2D eigenvalue weighted by atomic mass is 35.5. The maximum atomic E-state index is 14.1. The normalized spacial score (nSPS) is 11.6. The molecule has 0 spiro atoms. The molecule has 228 valence electrons. The number of methoxy groups -OCH3 is 2. The minimum Gasteiger partial charge on any atom is -0.497 e. The first-order chi connectivity index (χ1) is 21.0. The second-order valence-electron chi connectivity index (χ2n) is 11.1. The van der Waals surface area contributed by atoms with Crippen LogP contribution in [0.4, 0.5) is 11.6 Å². The highest BCUT2D eigenvalue weighted by molar-refractivity contribution is 6.35. The third-order valence-electron chi connectivity index (χ3n) is 6.67. The van der Waals surface area contributed by atoms with Crippen molar-refractivity contribution < 1.29 is 14.3 Å². The summed E-state index contributed by atoms with van der Waals surface area (Å²) in [4.78, 5) is 35.9. The lowest BCUT2D eigenvalue weighted by molar-refractivity contribution is -0.112. The number of aryl methyl sites for hydroxylation is 2. The quantitative estimate of drug-likeness (QED) is 0.159. The summed E-state index contributed by atoms with van der Waals surface area (Å²) in [6.45, 7) is 8.59. The summed E-state index contributed by atoms with van der Waals surface area (Å²) in [5, 5.41) is 16.3. The van der Waals surface area contributed by atoms with Crippen molar-refractivity contribution in [1.29, 1.82) is 5.26 Å². The van der Waals surface area contributed by atoms with Gasteiger partial charge in [0.1, 0.15) is 28.8 Å². The van der Waals surface area contributed by atoms with E-state index in [-0.39, 0.29) is 28.1 Å². The zero-order valence-electron chi connectivity index (χ0n) is 25.6. The molecule has 1 amide bonds. The molecular formula is C33H35ClN6O4. The molecule has 0 aliphatic heterocycles. The first-order valence-electron chi connectivity index (χ1n) is 14.1. The Morgan fingerprint density at radius 2 is 1.91 bits per heavy atom. The lowest BCUT2D eigenvalue weighted by Gasteiger charge is -2.16. The molecule has 0 atom stereocenters. The van der Waals surface area contributed by atoms with Crippen molar-refractivity contribution in [2.75, 3.05) is 31.4 Å². The van der Waals surface area contributed by atoms with E-state index in [4.69, 9.17) is 21.1 Å². The van der Waals surface area contributed by atoms with Crippen LogP contribution < -0.4 is 25.7 Å². The van der Waals surface area contributed by atoms with Crippen molar-refractivity contribution in [3.63, 3.8) is 0 Å². The Balaban J connectivity index is 1.75. The molecule has 0 saturated heterocycles. The maximum Gasteiger partial charge on any atom is 0.265 e. The number of pyridine rings is 1. The predicted octanol–water partition coefficient (Wildman–Crippen LogP) is 6.24. The molecule has 2 aromatic heterocycles. The number of rotatable bonds is 10. The molecule has 0 unspecified atom stereocenters. The number of anilines is 2. The fourth-order valence-electron chi connectivity index (χ4n) is 4.66. The van der Waals surface area contributed by atoms with E-state index in [1.54, 1.807) is 41.1 Å². The van der Waals surface area contributed by atoms with Gasteiger partial charge in [0.2, 0.25) is 5.95 Å². The standard InChI is InChI=1S/C33H35ClN6O4/c1-7-36-32-37-19-21-14-26(25-15-24(43-5)16-27(44-6)28(25)34)31(42)40(29(21)39-32)12-11-20-9-8-10-23(13-20)38-30(41)22(18-35)17-33(2,3)4/h8-10,13-17,19H,7,11-12H2,1-6H3,(H,38,41)(H,36,37,39)/b22-17+. The first-order valence-corrected chi connectivity index (χ1v) is 14.4. The number of ether oxygens (including phenoxy) is 2. The molecule has 0 fully saturated rings. The molecule has 0 bridgehead atoms. The second-order valence-corrected chi connectivity index (χ2v) is 11.5. The van der Waals surface area contributed by atoms with E-state index in [0.29, 0.717) is 58.3 Å². The number of benzene rings is 2. The molecule has 0 radical (unpaired) electrons. The van der Waals surface area contributed by atoms with E-state index < -0.39 is 5.91 Å². The molecule has 44 heavy (non-hydrogen) atoms. The van der Waals surface area contributed by atoms with Gasteiger partial charge in [-0.15, -0.1) is 0 Å². The van der Waals surface area contributed by atoms with E-state index in [0.717, 1.165) is 5.56 Å². The van der Waals surface area contributed by atoms with Crippen LogP contribution in [0.25, 0.3) is 22.2 Å². The molecule has 2 aromatic carbocycles. The number of carbonyl (C=O) groups is 1. The van der Waals surface area contributed by atoms with Gasteiger partial charge in [-0.1, -0.05) is 50.6 Å². The number of halogens is 1.